The van der Waals surface area contributed by atoms with Crippen molar-refractivity contribution in [2.24, 2.45) is 46.3 Å². The monoisotopic (exact) mass is 617 g/mol. The normalized spacial score (nSPS) is 43.4. The van der Waals surface area contributed by atoms with Gasteiger partial charge < -0.3 is 20.5 Å². The maximum Gasteiger partial charge on any atom is 0.229 e. The second-order valence-corrected chi connectivity index (χ2v) is 16.4. The van der Waals surface area contributed by atoms with Gasteiger partial charge in [0.2, 0.25) is 11.8 Å². The van der Waals surface area contributed by atoms with Crippen LogP contribution in [0.4, 0.5) is 0 Å². The van der Waals surface area contributed by atoms with E-state index in [0.717, 1.165) is 62.0 Å². The molecule has 1 aromatic rings. The van der Waals surface area contributed by atoms with Crippen LogP contribution in [0.15, 0.2) is 35.9 Å². The molecular weight excluding hydrogens is 562 g/mol. The maximum atomic E-state index is 12.8. The van der Waals surface area contributed by atoms with Gasteiger partial charge in [-0.15, -0.1) is 0 Å². The van der Waals surface area contributed by atoms with E-state index in [-0.39, 0.29) is 41.2 Å². The molecule has 0 aromatic heterocycles. The summed E-state index contributed by atoms with van der Waals surface area (Å²) < 4.78 is 7.06. The van der Waals surface area contributed by atoms with Crippen molar-refractivity contribution >= 4 is 11.8 Å². The SMILES string of the molecule is C[C@@H]1CC[C@@]2(NC1)O[C@H]1C[C@H]3[C@@H]4CC=C5C[C@@H](NC(=O)CC(=O)NCCc6ccc(O)cc6)CC[C@]5(C)[C@H]4CC[C@]3(C)[C@H]1[C@@H]2C. The van der Waals surface area contributed by atoms with Gasteiger partial charge in [0.15, 0.2) is 0 Å². The number of benzene rings is 1. The summed E-state index contributed by atoms with van der Waals surface area (Å²) in [4.78, 5) is 25.3. The van der Waals surface area contributed by atoms with Crippen LogP contribution in [0.25, 0.3) is 0 Å². The highest BCUT2D eigenvalue weighted by Gasteiger charge is 2.68. The van der Waals surface area contributed by atoms with Crippen LogP contribution in [0.3, 0.4) is 0 Å². The van der Waals surface area contributed by atoms with E-state index >= 15 is 0 Å². The number of carbonyl (C=O) groups excluding carboxylic acids is 2. The Labute approximate surface area is 269 Å². The number of aromatic hydroxyl groups is 1. The maximum absolute atomic E-state index is 12.8. The van der Waals surface area contributed by atoms with Gasteiger partial charge in [-0.3, -0.25) is 14.9 Å². The first-order chi connectivity index (χ1) is 21.5. The standard InChI is InChI=1S/C38H55N3O4/c1-23-11-17-38(40-22-23)24(2)35-32(45-38)20-31-29-10-7-26-19-27(12-15-36(26,3)30(29)13-16-37(31,35)4)41-34(44)21-33(43)39-18-14-25-5-8-28(42)9-6-25/h5-9,23-24,27,29-32,35,40,42H,10-22H2,1-4H3,(H,39,43)(H,41,44)/t23-,24+,27+,29-,30+,31+,32+,35+,36+,37+,38-/m1/s1. The quantitative estimate of drug-likeness (QED) is 0.237. The van der Waals surface area contributed by atoms with E-state index in [1.807, 2.05) is 12.1 Å². The lowest BCUT2D eigenvalue weighted by molar-refractivity contribution is -0.129. The molecule has 4 N–H and O–H groups in total. The Kier molecular flexibility index (Phi) is 8.12. The van der Waals surface area contributed by atoms with Crippen molar-refractivity contribution in [3.63, 3.8) is 0 Å². The predicted molar refractivity (Wildman–Crippen MR) is 175 cm³/mol. The number of piperidine rings is 1. The van der Waals surface area contributed by atoms with E-state index in [4.69, 9.17) is 4.74 Å². The molecule has 7 nitrogen and oxygen atoms in total. The molecule has 2 saturated heterocycles. The van der Waals surface area contributed by atoms with Gasteiger partial charge in [-0.1, -0.05) is 51.5 Å². The van der Waals surface area contributed by atoms with E-state index in [9.17, 15) is 14.7 Å². The lowest BCUT2D eigenvalue weighted by Gasteiger charge is -2.58. The Morgan fingerprint density at radius 2 is 1.82 bits per heavy atom. The fourth-order valence-corrected chi connectivity index (χ4v) is 11.5. The Balaban J connectivity index is 0.941. The summed E-state index contributed by atoms with van der Waals surface area (Å²) in [7, 11) is 0. The van der Waals surface area contributed by atoms with Gasteiger partial charge in [0.05, 0.1) is 6.10 Å². The summed E-state index contributed by atoms with van der Waals surface area (Å²) in [6.07, 6.45) is 13.9. The lowest BCUT2D eigenvalue weighted by Crippen LogP contribution is -2.57. The van der Waals surface area contributed by atoms with E-state index in [1.165, 1.54) is 25.7 Å². The van der Waals surface area contributed by atoms with Gasteiger partial charge in [0.1, 0.15) is 17.9 Å². The molecule has 45 heavy (non-hydrogen) atoms. The van der Waals surface area contributed by atoms with Crippen molar-refractivity contribution in [3.8, 4) is 5.75 Å². The van der Waals surface area contributed by atoms with Crippen LogP contribution in [0.2, 0.25) is 0 Å². The van der Waals surface area contributed by atoms with Gasteiger partial charge in [-0.05, 0) is 122 Å². The van der Waals surface area contributed by atoms with Crippen LogP contribution < -0.4 is 16.0 Å². The number of ether oxygens (including phenoxy) is 1. The third kappa shape index (κ3) is 5.44. The molecule has 2 amide bonds. The van der Waals surface area contributed by atoms with Crippen molar-refractivity contribution in [1.82, 2.24) is 16.0 Å². The number of amides is 2. The van der Waals surface area contributed by atoms with Gasteiger partial charge in [0.25, 0.3) is 0 Å². The Morgan fingerprint density at radius 1 is 1.02 bits per heavy atom. The number of fused-ring (bicyclic) bond motifs is 7. The fourth-order valence-electron chi connectivity index (χ4n) is 11.5. The third-order valence-electron chi connectivity index (χ3n) is 13.9. The number of rotatable bonds is 6. The molecule has 0 radical (unpaired) electrons. The number of hydrogen-bond acceptors (Lipinski definition) is 5. The summed E-state index contributed by atoms with van der Waals surface area (Å²) in [6, 6.07) is 7.08. The van der Waals surface area contributed by atoms with Gasteiger partial charge >= 0.3 is 0 Å². The minimum atomic E-state index is -0.240. The molecule has 1 aromatic carbocycles. The lowest BCUT2D eigenvalue weighted by atomic mass is 9.46. The van der Waals surface area contributed by atoms with Crippen molar-refractivity contribution in [1.29, 1.82) is 0 Å². The number of allylic oxidation sites excluding steroid dienone is 1. The van der Waals surface area contributed by atoms with E-state index in [2.05, 4.69) is 49.7 Å². The van der Waals surface area contributed by atoms with Gasteiger partial charge in [0, 0.05) is 25.0 Å². The first-order valence-corrected chi connectivity index (χ1v) is 18.0. The topological polar surface area (TPSA) is 99.7 Å². The number of nitrogens with one attached hydrogen (secondary N) is 3. The molecule has 2 heterocycles. The Morgan fingerprint density at radius 3 is 2.58 bits per heavy atom. The van der Waals surface area contributed by atoms with Crippen LogP contribution in [-0.4, -0.2) is 47.9 Å². The molecule has 6 aliphatic rings. The molecular formula is C38H55N3O4. The second kappa shape index (κ2) is 11.7. The summed E-state index contributed by atoms with van der Waals surface area (Å²) in [5.41, 5.74) is 3.05. The van der Waals surface area contributed by atoms with Crippen LogP contribution >= 0.6 is 0 Å². The van der Waals surface area contributed by atoms with Crippen molar-refractivity contribution in [2.45, 2.75) is 116 Å². The van der Waals surface area contributed by atoms with Crippen molar-refractivity contribution in [3.05, 3.63) is 41.5 Å². The van der Waals surface area contributed by atoms with Crippen LogP contribution in [0, 0.1) is 46.3 Å². The van der Waals surface area contributed by atoms with E-state index in [1.54, 1.807) is 17.7 Å². The molecule has 1 spiro atoms. The average molecular weight is 618 g/mol. The fraction of sp³-hybridized carbons (Fsp3) is 0.737. The average Bonchev–Trinajstić information content (AvgIpc) is 3.45. The molecule has 4 aliphatic carbocycles. The zero-order valence-electron chi connectivity index (χ0n) is 27.9. The second-order valence-electron chi connectivity index (χ2n) is 16.4. The highest BCUT2D eigenvalue weighted by molar-refractivity contribution is 5.97. The smallest absolute Gasteiger partial charge is 0.229 e. The van der Waals surface area contributed by atoms with Crippen molar-refractivity contribution in [2.75, 3.05) is 13.1 Å². The molecule has 0 bridgehead atoms. The molecule has 246 valence electrons. The summed E-state index contributed by atoms with van der Waals surface area (Å²) in [6.45, 7) is 11.5. The van der Waals surface area contributed by atoms with Gasteiger partial charge in [-0.25, -0.2) is 0 Å². The Bertz CT molecular complexity index is 1320. The minimum Gasteiger partial charge on any atom is -0.508 e. The molecule has 11 atom stereocenters. The number of phenols is 1. The largest absolute Gasteiger partial charge is 0.508 e. The number of phenolic OH excluding ortho intramolecular Hbond substituents is 1. The highest BCUT2D eigenvalue weighted by atomic mass is 16.5. The molecule has 0 unspecified atom stereocenters. The Hall–Kier alpha value is -2.38. The van der Waals surface area contributed by atoms with Crippen molar-refractivity contribution < 1.29 is 19.4 Å². The predicted octanol–water partition coefficient (Wildman–Crippen LogP) is 5.87. The zero-order valence-corrected chi connectivity index (χ0v) is 27.9. The summed E-state index contributed by atoms with van der Waals surface area (Å²) in [5, 5.41) is 19.4. The number of hydrogen-bond donors (Lipinski definition) is 4. The molecule has 2 aliphatic heterocycles. The van der Waals surface area contributed by atoms with E-state index in [0.29, 0.717) is 42.2 Å². The number of carbonyl (C=O) groups is 2. The van der Waals surface area contributed by atoms with Gasteiger partial charge in [-0.2, -0.15) is 0 Å². The van der Waals surface area contributed by atoms with Crippen LogP contribution in [0.5, 0.6) is 5.75 Å². The first kappa shape index (κ1) is 31.2. The molecule has 7 rings (SSSR count). The highest BCUT2D eigenvalue weighted by Crippen LogP contribution is 2.70. The summed E-state index contributed by atoms with van der Waals surface area (Å²) >= 11 is 0. The minimum absolute atomic E-state index is 0.102. The van der Waals surface area contributed by atoms with Crippen LogP contribution in [0.1, 0.15) is 97.5 Å². The molecule has 7 heteroatoms. The zero-order chi connectivity index (χ0) is 31.6. The first-order valence-electron chi connectivity index (χ1n) is 18.0. The van der Waals surface area contributed by atoms with E-state index < -0.39 is 0 Å². The molecule has 5 fully saturated rings. The summed E-state index contributed by atoms with van der Waals surface area (Å²) in [5.74, 6) is 3.93. The molecule has 3 saturated carbocycles. The van der Waals surface area contributed by atoms with Crippen LogP contribution in [-0.2, 0) is 20.7 Å². The third-order valence-corrected chi connectivity index (χ3v) is 13.9.